The highest BCUT2D eigenvalue weighted by molar-refractivity contribution is 7.92. The Labute approximate surface area is 177 Å². The monoisotopic (exact) mass is 465 g/mol. The summed E-state index contributed by atoms with van der Waals surface area (Å²) in [7, 11) is -4.92. The fourth-order valence-electron chi connectivity index (χ4n) is 2.82. The summed E-state index contributed by atoms with van der Waals surface area (Å²) in [6.07, 6.45) is 2.47. The first-order valence-corrected chi connectivity index (χ1v) is 10.2. The van der Waals surface area contributed by atoms with Crippen LogP contribution in [-0.2, 0) is 10.0 Å². The van der Waals surface area contributed by atoms with Crippen LogP contribution in [0.25, 0.3) is 11.2 Å². The van der Waals surface area contributed by atoms with Gasteiger partial charge in [0.1, 0.15) is 23.1 Å². The summed E-state index contributed by atoms with van der Waals surface area (Å²) < 4.78 is 83.2. The lowest BCUT2D eigenvalue weighted by Gasteiger charge is -2.14. The third-order valence-corrected chi connectivity index (χ3v) is 5.71. The number of nitrogens with zero attached hydrogens (tertiary/aromatic N) is 2. The number of hydrogen-bond donors (Lipinski definition) is 3. The number of carbonyl (C=O) groups excluding carboxylic acids is 1. The lowest BCUT2D eigenvalue weighted by atomic mass is 10.2. The van der Waals surface area contributed by atoms with Crippen molar-refractivity contribution in [1.29, 1.82) is 0 Å². The van der Waals surface area contributed by atoms with Gasteiger partial charge in [-0.3, -0.25) is 9.52 Å². The Morgan fingerprint density at radius 2 is 1.69 bits per heavy atom. The van der Waals surface area contributed by atoms with Gasteiger partial charge < -0.3 is 10.3 Å². The zero-order valence-electron chi connectivity index (χ0n) is 15.7. The second-order valence-electron chi connectivity index (χ2n) is 6.39. The van der Waals surface area contributed by atoms with Gasteiger partial charge in [0.15, 0.2) is 16.4 Å². The first kappa shape index (κ1) is 21.2. The van der Waals surface area contributed by atoms with Crippen LogP contribution in [0.15, 0.2) is 53.8 Å². The van der Waals surface area contributed by atoms with Crippen LogP contribution in [0.4, 0.5) is 28.9 Å². The molecule has 0 aliphatic carbocycles. The van der Waals surface area contributed by atoms with E-state index >= 15 is 0 Å². The zero-order chi connectivity index (χ0) is 23.0. The van der Waals surface area contributed by atoms with Crippen LogP contribution in [0, 0.1) is 23.3 Å². The molecular formula is C19H11F4N5O3S. The van der Waals surface area contributed by atoms with E-state index < -0.39 is 55.5 Å². The maximum atomic E-state index is 14.9. The van der Waals surface area contributed by atoms with Gasteiger partial charge in [-0.2, -0.15) is 0 Å². The predicted octanol–water partition coefficient (Wildman–Crippen LogP) is 3.57. The molecule has 0 saturated carbocycles. The molecule has 0 fully saturated rings. The number of imidazole rings is 1. The SMILES string of the molecule is O=C(Nc1c(F)ccc(NS(=O)(=O)c2c(F)cccc2F)c1F)c1cnc2nc[nH]c2c1. The minimum absolute atomic E-state index is 0.0695. The fraction of sp³-hybridized carbons (Fsp3) is 0. The van der Waals surface area contributed by atoms with Gasteiger partial charge >= 0.3 is 0 Å². The predicted molar refractivity (Wildman–Crippen MR) is 105 cm³/mol. The van der Waals surface area contributed by atoms with Crippen LogP contribution in [0.2, 0.25) is 0 Å². The first-order chi connectivity index (χ1) is 15.2. The number of carbonyl (C=O) groups is 1. The third kappa shape index (κ3) is 3.85. The average Bonchev–Trinajstić information content (AvgIpc) is 3.20. The average molecular weight is 465 g/mol. The number of aromatic nitrogens is 3. The van der Waals surface area contributed by atoms with E-state index in [9.17, 15) is 30.8 Å². The molecule has 4 rings (SSSR count). The molecule has 0 radical (unpaired) electrons. The van der Waals surface area contributed by atoms with Crippen molar-refractivity contribution in [2.45, 2.75) is 4.90 Å². The Kier molecular flexibility index (Phi) is 5.26. The Morgan fingerprint density at radius 1 is 0.969 bits per heavy atom. The molecule has 0 aliphatic rings. The smallest absolute Gasteiger partial charge is 0.267 e. The summed E-state index contributed by atoms with van der Waals surface area (Å²) in [4.78, 5) is 21.6. The van der Waals surface area contributed by atoms with Crippen molar-refractivity contribution in [2.24, 2.45) is 0 Å². The standard InChI is InChI=1S/C19H11F4N5O3S/c20-10-4-5-13(28-32(30,31)17-11(21)2-1-3-12(17)22)15(23)16(10)27-19(29)9-6-14-18(24-7-9)26-8-25-14/h1-8,28H,(H,27,29)(H,24,25,26). The molecule has 2 heterocycles. The van der Waals surface area contributed by atoms with Crippen LogP contribution in [0.1, 0.15) is 10.4 Å². The Balaban J connectivity index is 1.66. The second-order valence-corrected chi connectivity index (χ2v) is 8.01. The zero-order valence-corrected chi connectivity index (χ0v) is 16.5. The molecule has 1 amide bonds. The van der Waals surface area contributed by atoms with E-state index in [0.717, 1.165) is 12.3 Å². The number of rotatable bonds is 5. The van der Waals surface area contributed by atoms with Crippen LogP contribution in [-0.4, -0.2) is 29.3 Å². The van der Waals surface area contributed by atoms with Gasteiger partial charge in [0.2, 0.25) is 0 Å². The van der Waals surface area contributed by atoms with Gasteiger partial charge in [0.05, 0.1) is 23.1 Å². The summed E-state index contributed by atoms with van der Waals surface area (Å²) in [6.45, 7) is 0. The van der Waals surface area contributed by atoms with Crippen LogP contribution >= 0.6 is 0 Å². The van der Waals surface area contributed by atoms with Crippen LogP contribution < -0.4 is 10.0 Å². The normalized spacial score (nSPS) is 11.5. The van der Waals surface area contributed by atoms with Crippen LogP contribution in [0.3, 0.4) is 0 Å². The Hall–Kier alpha value is -4.00. The fourth-order valence-corrected chi connectivity index (χ4v) is 4.02. The lowest BCUT2D eigenvalue weighted by Crippen LogP contribution is -2.19. The van der Waals surface area contributed by atoms with Gasteiger partial charge in [0.25, 0.3) is 15.9 Å². The molecule has 32 heavy (non-hydrogen) atoms. The second kappa shape index (κ2) is 7.92. The molecule has 0 aliphatic heterocycles. The molecule has 164 valence electrons. The molecule has 0 atom stereocenters. The maximum Gasteiger partial charge on any atom is 0.267 e. The number of pyridine rings is 1. The van der Waals surface area contributed by atoms with Crippen LogP contribution in [0.5, 0.6) is 0 Å². The molecule has 0 bridgehead atoms. The number of amides is 1. The molecule has 2 aromatic heterocycles. The van der Waals surface area contributed by atoms with E-state index in [1.165, 1.54) is 12.4 Å². The molecule has 4 aromatic rings. The molecular weight excluding hydrogens is 454 g/mol. The van der Waals surface area contributed by atoms with E-state index in [2.05, 4.69) is 15.0 Å². The van der Waals surface area contributed by atoms with Gasteiger partial charge in [0, 0.05) is 6.20 Å². The highest BCUT2D eigenvalue weighted by Crippen LogP contribution is 2.29. The molecule has 0 unspecified atom stereocenters. The van der Waals surface area contributed by atoms with Gasteiger partial charge in [-0.1, -0.05) is 6.07 Å². The summed E-state index contributed by atoms with van der Waals surface area (Å²) in [5.41, 5.74) is -1.18. The number of halogens is 4. The Morgan fingerprint density at radius 3 is 2.41 bits per heavy atom. The summed E-state index contributed by atoms with van der Waals surface area (Å²) >= 11 is 0. The summed E-state index contributed by atoms with van der Waals surface area (Å²) in [6, 6.07) is 5.07. The number of benzene rings is 2. The van der Waals surface area contributed by atoms with E-state index in [-0.39, 0.29) is 5.56 Å². The molecule has 0 spiro atoms. The quantitative estimate of drug-likeness (QED) is 0.390. The number of anilines is 2. The number of fused-ring (bicyclic) bond motifs is 1. The van der Waals surface area contributed by atoms with E-state index in [1.807, 2.05) is 5.32 Å². The molecule has 3 N–H and O–H groups in total. The third-order valence-electron chi connectivity index (χ3n) is 4.30. The maximum absolute atomic E-state index is 14.9. The van der Waals surface area contributed by atoms with Crippen molar-refractivity contribution in [1.82, 2.24) is 15.0 Å². The van der Waals surface area contributed by atoms with Crippen molar-refractivity contribution < 1.29 is 30.8 Å². The van der Waals surface area contributed by atoms with E-state index in [4.69, 9.17) is 0 Å². The number of sulfonamides is 1. The number of aromatic amines is 1. The summed E-state index contributed by atoms with van der Waals surface area (Å²) in [5, 5.41) is 1.99. The molecule has 13 heteroatoms. The number of H-pyrrole nitrogens is 1. The van der Waals surface area contributed by atoms with Crippen molar-refractivity contribution in [3.63, 3.8) is 0 Å². The molecule has 0 saturated heterocycles. The van der Waals surface area contributed by atoms with Crippen molar-refractivity contribution >= 4 is 38.5 Å². The minimum Gasteiger partial charge on any atom is -0.343 e. The largest absolute Gasteiger partial charge is 0.343 e. The highest BCUT2D eigenvalue weighted by atomic mass is 32.2. The van der Waals surface area contributed by atoms with Gasteiger partial charge in [-0.05, 0) is 30.3 Å². The number of nitrogens with one attached hydrogen (secondary N) is 3. The van der Waals surface area contributed by atoms with Crippen molar-refractivity contribution in [3.8, 4) is 0 Å². The lowest BCUT2D eigenvalue weighted by molar-refractivity contribution is 0.102. The van der Waals surface area contributed by atoms with E-state index in [0.29, 0.717) is 35.4 Å². The van der Waals surface area contributed by atoms with Crippen molar-refractivity contribution in [2.75, 3.05) is 10.0 Å². The van der Waals surface area contributed by atoms with E-state index in [1.54, 1.807) is 4.72 Å². The summed E-state index contributed by atoms with van der Waals surface area (Å²) in [5.74, 6) is -6.49. The van der Waals surface area contributed by atoms with Gasteiger partial charge in [-0.15, -0.1) is 0 Å². The van der Waals surface area contributed by atoms with Crippen molar-refractivity contribution in [3.05, 3.63) is 77.8 Å². The number of hydrogen-bond acceptors (Lipinski definition) is 5. The molecule has 8 nitrogen and oxygen atoms in total. The molecule has 2 aromatic carbocycles. The minimum atomic E-state index is -4.92. The van der Waals surface area contributed by atoms with Gasteiger partial charge in [-0.25, -0.2) is 35.9 Å². The highest BCUT2D eigenvalue weighted by Gasteiger charge is 2.26. The topological polar surface area (TPSA) is 117 Å². The Bertz CT molecular complexity index is 1450. The first-order valence-electron chi connectivity index (χ1n) is 8.72.